The molecule has 0 heterocycles. The lowest BCUT2D eigenvalue weighted by Gasteiger charge is -2.58. The van der Waals surface area contributed by atoms with Crippen molar-refractivity contribution in [3.63, 3.8) is 0 Å². The van der Waals surface area contributed by atoms with Crippen LogP contribution in [0.1, 0.15) is 78.1 Å². The maximum Gasteiger partial charge on any atom is 0.139 e. The third-order valence-electron chi connectivity index (χ3n) is 8.24. The summed E-state index contributed by atoms with van der Waals surface area (Å²) in [5.41, 5.74) is 0.688. The topological polar surface area (TPSA) is 17.1 Å². The quantitative estimate of drug-likeness (QED) is 0.608. The molecule has 0 bridgehead atoms. The number of carbonyl (C=O) groups excluding carboxylic acids is 1. The molecular formula is C19H30O. The molecule has 112 valence electrons. The zero-order chi connectivity index (χ0) is 14.0. The van der Waals surface area contributed by atoms with Crippen LogP contribution in [0.15, 0.2) is 0 Å². The fourth-order valence-electron chi connectivity index (χ4n) is 7.08. The molecule has 4 rings (SSSR count). The van der Waals surface area contributed by atoms with E-state index in [9.17, 15) is 4.79 Å². The Bertz CT molecular complexity index is 427. The summed E-state index contributed by atoms with van der Waals surface area (Å²) in [6, 6.07) is 0. The largest absolute Gasteiger partial charge is 0.299 e. The lowest BCUT2D eigenvalue weighted by Crippen LogP contribution is -2.55. The van der Waals surface area contributed by atoms with Crippen molar-refractivity contribution in [2.75, 3.05) is 0 Å². The molecule has 0 aliphatic heterocycles. The summed E-state index contributed by atoms with van der Waals surface area (Å²) in [5, 5.41) is 0. The number of carbonyl (C=O) groups is 1. The average molecular weight is 274 g/mol. The highest BCUT2D eigenvalue weighted by Crippen LogP contribution is 2.65. The fourth-order valence-corrected chi connectivity index (χ4v) is 7.08. The van der Waals surface area contributed by atoms with Crippen LogP contribution in [0.25, 0.3) is 0 Å². The van der Waals surface area contributed by atoms with Crippen LogP contribution >= 0.6 is 0 Å². The van der Waals surface area contributed by atoms with Crippen LogP contribution in [-0.4, -0.2) is 5.78 Å². The van der Waals surface area contributed by atoms with E-state index in [2.05, 4.69) is 13.8 Å². The van der Waals surface area contributed by atoms with Gasteiger partial charge >= 0.3 is 0 Å². The maximum atomic E-state index is 12.8. The number of Topliss-reactive ketones (excluding diaryl/α,β-unsaturated/α-hetero) is 1. The lowest BCUT2D eigenvalue weighted by atomic mass is 9.45. The molecule has 0 spiro atoms. The predicted octanol–water partition coefficient (Wildman–Crippen LogP) is 4.99. The van der Waals surface area contributed by atoms with Crippen molar-refractivity contribution in [3.8, 4) is 0 Å². The highest BCUT2D eigenvalue weighted by molar-refractivity contribution is 5.86. The third kappa shape index (κ3) is 1.58. The normalized spacial score (nSPS) is 55.0. The number of fused-ring (bicyclic) bond motifs is 5. The van der Waals surface area contributed by atoms with Gasteiger partial charge in [0, 0.05) is 11.8 Å². The van der Waals surface area contributed by atoms with E-state index >= 15 is 0 Å². The highest BCUT2D eigenvalue weighted by atomic mass is 16.1. The molecule has 0 aromatic rings. The van der Waals surface area contributed by atoms with Crippen molar-refractivity contribution >= 4 is 5.78 Å². The average Bonchev–Trinajstić information content (AvgIpc) is 2.82. The van der Waals surface area contributed by atoms with Gasteiger partial charge in [-0.3, -0.25) is 4.79 Å². The Labute approximate surface area is 123 Å². The Balaban J connectivity index is 1.69. The summed E-state index contributed by atoms with van der Waals surface area (Å²) in [5.74, 6) is 3.89. The summed E-state index contributed by atoms with van der Waals surface area (Å²) in [7, 11) is 0. The number of rotatable bonds is 0. The van der Waals surface area contributed by atoms with E-state index < -0.39 is 0 Å². The molecule has 4 aliphatic rings. The summed E-state index contributed by atoms with van der Waals surface area (Å²) in [6.45, 7) is 4.92. The summed E-state index contributed by atoms with van der Waals surface area (Å²) in [6.07, 6.45) is 13.2. The molecule has 1 heteroatoms. The van der Waals surface area contributed by atoms with E-state index in [0.29, 0.717) is 11.2 Å². The summed E-state index contributed by atoms with van der Waals surface area (Å²) in [4.78, 5) is 12.8. The minimum absolute atomic E-state index is 0.0606. The Hall–Kier alpha value is -0.330. The Morgan fingerprint density at radius 1 is 0.900 bits per heavy atom. The highest BCUT2D eigenvalue weighted by Gasteiger charge is 2.59. The Morgan fingerprint density at radius 2 is 1.75 bits per heavy atom. The van der Waals surface area contributed by atoms with Crippen LogP contribution in [0.5, 0.6) is 0 Å². The minimum Gasteiger partial charge on any atom is -0.299 e. The second kappa shape index (κ2) is 4.34. The van der Waals surface area contributed by atoms with Gasteiger partial charge in [-0.25, -0.2) is 0 Å². The Morgan fingerprint density at radius 3 is 2.60 bits per heavy atom. The van der Waals surface area contributed by atoms with E-state index in [1.165, 1.54) is 51.4 Å². The van der Waals surface area contributed by atoms with Crippen molar-refractivity contribution in [1.82, 2.24) is 0 Å². The van der Waals surface area contributed by atoms with E-state index in [1.54, 1.807) is 0 Å². The van der Waals surface area contributed by atoms with E-state index in [-0.39, 0.29) is 5.41 Å². The molecule has 4 aliphatic carbocycles. The van der Waals surface area contributed by atoms with Gasteiger partial charge in [-0.1, -0.05) is 20.3 Å². The second-order valence-electron chi connectivity index (χ2n) is 8.83. The lowest BCUT2D eigenvalue weighted by molar-refractivity contribution is -0.154. The third-order valence-corrected chi connectivity index (χ3v) is 8.24. The standard InChI is InChI=1S/C19H30O/c1-18-11-4-6-15(18)14-9-8-13-5-3-7-17(20)19(13,2)16(14)10-12-18/h13-16H,3-12H2,1-2H3/t13?,14-,15-,16+,18-,19-/m0/s1. The summed E-state index contributed by atoms with van der Waals surface area (Å²) < 4.78 is 0. The molecule has 0 N–H and O–H groups in total. The van der Waals surface area contributed by atoms with Crippen LogP contribution in [0.4, 0.5) is 0 Å². The van der Waals surface area contributed by atoms with Crippen molar-refractivity contribution in [3.05, 3.63) is 0 Å². The molecule has 4 fully saturated rings. The minimum atomic E-state index is 0.0606. The molecule has 0 saturated heterocycles. The number of hydrogen-bond acceptors (Lipinski definition) is 1. The van der Waals surface area contributed by atoms with E-state index in [0.717, 1.165) is 36.5 Å². The molecule has 1 unspecified atom stereocenters. The van der Waals surface area contributed by atoms with Crippen LogP contribution in [0.2, 0.25) is 0 Å². The predicted molar refractivity (Wildman–Crippen MR) is 81.4 cm³/mol. The van der Waals surface area contributed by atoms with Gasteiger partial charge in [0.15, 0.2) is 0 Å². The van der Waals surface area contributed by atoms with Crippen molar-refractivity contribution < 1.29 is 4.79 Å². The monoisotopic (exact) mass is 274 g/mol. The van der Waals surface area contributed by atoms with E-state index in [4.69, 9.17) is 0 Å². The molecule has 6 atom stereocenters. The number of ketones is 1. The van der Waals surface area contributed by atoms with Crippen LogP contribution in [-0.2, 0) is 4.79 Å². The van der Waals surface area contributed by atoms with Crippen LogP contribution < -0.4 is 0 Å². The van der Waals surface area contributed by atoms with Crippen LogP contribution in [0.3, 0.4) is 0 Å². The second-order valence-corrected chi connectivity index (χ2v) is 8.83. The molecule has 1 nitrogen and oxygen atoms in total. The van der Waals surface area contributed by atoms with Gasteiger partial charge in [0.25, 0.3) is 0 Å². The van der Waals surface area contributed by atoms with Crippen molar-refractivity contribution in [2.24, 2.45) is 34.5 Å². The molecule has 20 heavy (non-hydrogen) atoms. The molecule has 0 radical (unpaired) electrons. The first-order valence-corrected chi connectivity index (χ1v) is 9.09. The van der Waals surface area contributed by atoms with Gasteiger partial charge in [0.05, 0.1) is 0 Å². The molecule has 0 aromatic carbocycles. The van der Waals surface area contributed by atoms with Crippen molar-refractivity contribution in [1.29, 1.82) is 0 Å². The SMILES string of the molecule is C[C@@]12CCC[C@H]1[C@@H]1CCC3CCCC(=O)[C@]3(C)[C@@H]1CC2. The van der Waals surface area contributed by atoms with Gasteiger partial charge in [0.1, 0.15) is 5.78 Å². The zero-order valence-electron chi connectivity index (χ0n) is 13.3. The molecule has 4 saturated carbocycles. The van der Waals surface area contributed by atoms with Gasteiger partial charge in [0.2, 0.25) is 0 Å². The van der Waals surface area contributed by atoms with Gasteiger partial charge in [-0.15, -0.1) is 0 Å². The first kappa shape index (κ1) is 13.3. The maximum absolute atomic E-state index is 12.8. The van der Waals surface area contributed by atoms with Crippen molar-refractivity contribution in [2.45, 2.75) is 78.1 Å². The first-order valence-electron chi connectivity index (χ1n) is 9.09. The molecule has 0 aromatic heterocycles. The molecule has 0 amide bonds. The van der Waals surface area contributed by atoms with Gasteiger partial charge in [-0.05, 0) is 80.5 Å². The summed E-state index contributed by atoms with van der Waals surface area (Å²) >= 11 is 0. The first-order chi connectivity index (χ1) is 9.56. The van der Waals surface area contributed by atoms with Gasteiger partial charge in [-0.2, -0.15) is 0 Å². The smallest absolute Gasteiger partial charge is 0.139 e. The van der Waals surface area contributed by atoms with Crippen LogP contribution in [0, 0.1) is 34.5 Å². The molecular weight excluding hydrogens is 244 g/mol. The Kier molecular flexibility index (Phi) is 2.89. The zero-order valence-corrected chi connectivity index (χ0v) is 13.3. The number of hydrogen-bond donors (Lipinski definition) is 0. The van der Waals surface area contributed by atoms with E-state index in [1.807, 2.05) is 0 Å². The fraction of sp³-hybridized carbons (Fsp3) is 0.947. The van der Waals surface area contributed by atoms with Gasteiger partial charge < -0.3 is 0 Å².